The Kier molecular flexibility index (Phi) is 5.63. The summed E-state index contributed by atoms with van der Waals surface area (Å²) in [5, 5.41) is 2.84. The second kappa shape index (κ2) is 7.68. The van der Waals surface area contributed by atoms with Crippen LogP contribution in [0, 0.1) is 6.92 Å². The SMILES string of the molecule is CC(=O)N1CCN(C(=O)NCCOc2ccccc2C)CC1. The molecule has 6 heteroatoms. The lowest BCUT2D eigenvalue weighted by molar-refractivity contribution is -0.130. The van der Waals surface area contributed by atoms with Gasteiger partial charge in [-0.2, -0.15) is 0 Å². The van der Waals surface area contributed by atoms with Crippen molar-refractivity contribution < 1.29 is 14.3 Å². The first-order valence-electron chi connectivity index (χ1n) is 7.54. The largest absolute Gasteiger partial charge is 0.491 e. The quantitative estimate of drug-likeness (QED) is 0.852. The molecule has 120 valence electrons. The van der Waals surface area contributed by atoms with Gasteiger partial charge in [0.2, 0.25) is 5.91 Å². The molecule has 0 spiro atoms. The molecule has 0 unspecified atom stereocenters. The number of urea groups is 1. The van der Waals surface area contributed by atoms with E-state index in [4.69, 9.17) is 4.74 Å². The second-order valence-corrected chi connectivity index (χ2v) is 5.34. The monoisotopic (exact) mass is 305 g/mol. The molecule has 1 N–H and O–H groups in total. The van der Waals surface area contributed by atoms with Gasteiger partial charge in [0.25, 0.3) is 0 Å². The van der Waals surface area contributed by atoms with Gasteiger partial charge in [0, 0.05) is 33.1 Å². The summed E-state index contributed by atoms with van der Waals surface area (Å²) in [7, 11) is 0. The van der Waals surface area contributed by atoms with E-state index >= 15 is 0 Å². The van der Waals surface area contributed by atoms with Crippen molar-refractivity contribution in [3.8, 4) is 5.75 Å². The number of hydrogen-bond donors (Lipinski definition) is 1. The average molecular weight is 305 g/mol. The zero-order valence-corrected chi connectivity index (χ0v) is 13.2. The first-order valence-corrected chi connectivity index (χ1v) is 7.54. The molecule has 22 heavy (non-hydrogen) atoms. The molecule has 1 aliphatic heterocycles. The number of piperazine rings is 1. The van der Waals surface area contributed by atoms with Gasteiger partial charge >= 0.3 is 6.03 Å². The molecule has 1 aromatic carbocycles. The standard InChI is InChI=1S/C16H23N3O3/c1-13-5-3-4-6-15(13)22-12-7-17-16(21)19-10-8-18(9-11-19)14(2)20/h3-6H,7-12H2,1-2H3,(H,17,21). The number of ether oxygens (including phenoxy) is 1. The zero-order chi connectivity index (χ0) is 15.9. The van der Waals surface area contributed by atoms with E-state index in [1.165, 1.54) is 0 Å². The minimum atomic E-state index is -0.100. The highest BCUT2D eigenvalue weighted by molar-refractivity contribution is 5.76. The van der Waals surface area contributed by atoms with E-state index in [2.05, 4.69) is 5.32 Å². The van der Waals surface area contributed by atoms with Crippen molar-refractivity contribution in [2.75, 3.05) is 39.3 Å². The normalized spacial score (nSPS) is 14.6. The lowest BCUT2D eigenvalue weighted by atomic mass is 10.2. The molecule has 0 aliphatic carbocycles. The third-order valence-corrected chi connectivity index (χ3v) is 3.74. The van der Waals surface area contributed by atoms with E-state index in [-0.39, 0.29) is 11.9 Å². The molecule has 1 aliphatic rings. The maximum atomic E-state index is 12.0. The minimum absolute atomic E-state index is 0.0617. The van der Waals surface area contributed by atoms with Crippen LogP contribution in [0.2, 0.25) is 0 Å². The molecular weight excluding hydrogens is 282 g/mol. The van der Waals surface area contributed by atoms with Gasteiger partial charge in [0.15, 0.2) is 0 Å². The number of rotatable bonds is 4. The molecule has 3 amide bonds. The number of carbonyl (C=O) groups excluding carboxylic acids is 2. The highest BCUT2D eigenvalue weighted by atomic mass is 16.5. The Balaban J connectivity index is 1.66. The lowest BCUT2D eigenvalue weighted by Crippen LogP contribution is -2.53. The fourth-order valence-corrected chi connectivity index (χ4v) is 2.37. The molecule has 1 heterocycles. The molecule has 0 saturated carbocycles. The van der Waals surface area contributed by atoms with Gasteiger partial charge in [0.1, 0.15) is 12.4 Å². The Hall–Kier alpha value is -2.24. The summed E-state index contributed by atoms with van der Waals surface area (Å²) in [6, 6.07) is 7.69. The molecule has 1 aromatic rings. The fraction of sp³-hybridized carbons (Fsp3) is 0.500. The van der Waals surface area contributed by atoms with Crippen LogP contribution in [0.4, 0.5) is 4.79 Å². The number of carbonyl (C=O) groups is 2. The lowest BCUT2D eigenvalue weighted by Gasteiger charge is -2.34. The van der Waals surface area contributed by atoms with Gasteiger partial charge in [0.05, 0.1) is 6.54 Å². The van der Waals surface area contributed by atoms with Gasteiger partial charge in [-0.3, -0.25) is 4.79 Å². The van der Waals surface area contributed by atoms with Crippen molar-refractivity contribution in [1.29, 1.82) is 0 Å². The molecule has 0 aromatic heterocycles. The van der Waals surface area contributed by atoms with E-state index in [9.17, 15) is 9.59 Å². The molecule has 0 bridgehead atoms. The summed E-state index contributed by atoms with van der Waals surface area (Å²) in [5.41, 5.74) is 1.08. The average Bonchev–Trinajstić information content (AvgIpc) is 2.53. The van der Waals surface area contributed by atoms with E-state index < -0.39 is 0 Å². The van der Waals surface area contributed by atoms with Crippen molar-refractivity contribution in [1.82, 2.24) is 15.1 Å². The van der Waals surface area contributed by atoms with Crippen molar-refractivity contribution in [3.63, 3.8) is 0 Å². The molecule has 1 fully saturated rings. The summed E-state index contributed by atoms with van der Waals surface area (Å²) >= 11 is 0. The molecule has 0 atom stereocenters. The van der Waals surface area contributed by atoms with Crippen molar-refractivity contribution >= 4 is 11.9 Å². The number of nitrogens with zero attached hydrogens (tertiary/aromatic N) is 2. The maximum Gasteiger partial charge on any atom is 0.317 e. The highest BCUT2D eigenvalue weighted by Crippen LogP contribution is 2.15. The Bertz CT molecular complexity index is 525. The summed E-state index contributed by atoms with van der Waals surface area (Å²) in [6.07, 6.45) is 0. The predicted octanol–water partition coefficient (Wildman–Crippen LogP) is 1.25. The van der Waals surface area contributed by atoms with Crippen LogP contribution in [-0.4, -0.2) is 61.1 Å². The maximum absolute atomic E-state index is 12.0. The van der Waals surface area contributed by atoms with Crippen LogP contribution in [0.1, 0.15) is 12.5 Å². The van der Waals surface area contributed by atoms with Crippen LogP contribution < -0.4 is 10.1 Å². The third-order valence-electron chi connectivity index (χ3n) is 3.74. The van der Waals surface area contributed by atoms with Crippen molar-refractivity contribution in [2.45, 2.75) is 13.8 Å². The number of hydrogen-bond acceptors (Lipinski definition) is 3. The highest BCUT2D eigenvalue weighted by Gasteiger charge is 2.21. The summed E-state index contributed by atoms with van der Waals surface area (Å²) in [4.78, 5) is 26.7. The van der Waals surface area contributed by atoms with Gasteiger partial charge < -0.3 is 19.9 Å². The Labute approximate surface area is 131 Å². The van der Waals surface area contributed by atoms with E-state index in [1.807, 2.05) is 31.2 Å². The Morgan fingerprint density at radius 3 is 2.41 bits per heavy atom. The third kappa shape index (κ3) is 4.38. The summed E-state index contributed by atoms with van der Waals surface area (Å²) in [5.74, 6) is 0.901. The van der Waals surface area contributed by atoms with Crippen molar-refractivity contribution in [3.05, 3.63) is 29.8 Å². The second-order valence-electron chi connectivity index (χ2n) is 5.34. The van der Waals surface area contributed by atoms with Gasteiger partial charge in [-0.15, -0.1) is 0 Å². The smallest absolute Gasteiger partial charge is 0.317 e. The zero-order valence-electron chi connectivity index (χ0n) is 13.2. The topological polar surface area (TPSA) is 61.9 Å². The number of benzene rings is 1. The molecular formula is C16H23N3O3. The number of nitrogens with one attached hydrogen (secondary N) is 1. The Morgan fingerprint density at radius 1 is 1.14 bits per heavy atom. The predicted molar refractivity (Wildman–Crippen MR) is 83.9 cm³/mol. The first kappa shape index (κ1) is 16.1. The van der Waals surface area contributed by atoms with E-state index in [1.54, 1.807) is 16.7 Å². The van der Waals surface area contributed by atoms with E-state index in [0.717, 1.165) is 11.3 Å². The van der Waals surface area contributed by atoms with Gasteiger partial charge in [-0.05, 0) is 18.6 Å². The summed E-state index contributed by atoms with van der Waals surface area (Å²) in [6.45, 7) is 6.78. The van der Waals surface area contributed by atoms with Gasteiger partial charge in [-0.1, -0.05) is 18.2 Å². The number of aryl methyl sites for hydroxylation is 1. The fourth-order valence-electron chi connectivity index (χ4n) is 2.37. The van der Waals surface area contributed by atoms with Crippen LogP contribution in [-0.2, 0) is 4.79 Å². The molecule has 6 nitrogen and oxygen atoms in total. The first-order chi connectivity index (χ1) is 10.6. The van der Waals surface area contributed by atoms with E-state index in [0.29, 0.717) is 39.3 Å². The molecule has 2 rings (SSSR count). The minimum Gasteiger partial charge on any atom is -0.491 e. The van der Waals surface area contributed by atoms with Crippen LogP contribution in [0.25, 0.3) is 0 Å². The van der Waals surface area contributed by atoms with Crippen LogP contribution in [0.3, 0.4) is 0 Å². The Morgan fingerprint density at radius 2 is 1.77 bits per heavy atom. The van der Waals surface area contributed by atoms with Crippen LogP contribution >= 0.6 is 0 Å². The number of amides is 3. The van der Waals surface area contributed by atoms with Crippen LogP contribution in [0.5, 0.6) is 5.75 Å². The number of para-hydroxylation sites is 1. The molecule has 1 saturated heterocycles. The molecule has 0 radical (unpaired) electrons. The van der Waals surface area contributed by atoms with Gasteiger partial charge in [-0.25, -0.2) is 4.79 Å². The van der Waals surface area contributed by atoms with Crippen molar-refractivity contribution in [2.24, 2.45) is 0 Å². The van der Waals surface area contributed by atoms with Crippen LogP contribution in [0.15, 0.2) is 24.3 Å². The summed E-state index contributed by atoms with van der Waals surface area (Å²) < 4.78 is 5.64.